The third-order valence-corrected chi connectivity index (χ3v) is 6.09. The second kappa shape index (κ2) is 9.07. The lowest BCUT2D eigenvalue weighted by Crippen LogP contribution is -2.30. The first-order valence-corrected chi connectivity index (χ1v) is 9.62. The molecule has 2 aliphatic carbocycles. The maximum atomic E-state index is 3.49. The number of hydrogen-bond donors (Lipinski definition) is 1. The van der Waals surface area contributed by atoms with E-state index in [4.69, 9.17) is 0 Å². The van der Waals surface area contributed by atoms with Crippen molar-refractivity contribution in [3.8, 4) is 0 Å². The maximum absolute atomic E-state index is 3.49. The molecule has 1 heterocycles. The van der Waals surface area contributed by atoms with Gasteiger partial charge in [0.25, 0.3) is 0 Å². The molecule has 1 N–H and O–H groups in total. The lowest BCUT2D eigenvalue weighted by Gasteiger charge is -2.39. The fraction of sp³-hybridized carbons (Fsp3) is 1.00. The number of piperidine rings is 1. The summed E-state index contributed by atoms with van der Waals surface area (Å²) in [5.74, 6) is 4.41. The molecule has 0 radical (unpaired) electrons. The summed E-state index contributed by atoms with van der Waals surface area (Å²) in [5, 5.41) is 3.49. The van der Waals surface area contributed by atoms with Crippen LogP contribution < -0.4 is 5.32 Å². The summed E-state index contributed by atoms with van der Waals surface area (Å²) in [7, 11) is 0. The minimum absolute atomic E-state index is 1.05. The molecule has 0 aromatic rings. The van der Waals surface area contributed by atoms with Gasteiger partial charge in [-0.05, 0) is 62.4 Å². The normalized spacial score (nSPS) is 34.8. The van der Waals surface area contributed by atoms with Crippen LogP contribution in [0.3, 0.4) is 0 Å². The van der Waals surface area contributed by atoms with E-state index in [0.717, 1.165) is 23.7 Å². The molecular weight excluding hydrogens is 242 g/mol. The van der Waals surface area contributed by atoms with Crippen LogP contribution in [-0.2, 0) is 0 Å². The van der Waals surface area contributed by atoms with Gasteiger partial charge in [0.2, 0.25) is 0 Å². The van der Waals surface area contributed by atoms with Gasteiger partial charge < -0.3 is 5.32 Å². The van der Waals surface area contributed by atoms with Gasteiger partial charge in [-0.1, -0.05) is 58.8 Å². The molecule has 3 fully saturated rings. The minimum atomic E-state index is 1.05. The second-order valence-electron chi connectivity index (χ2n) is 7.25. The highest BCUT2D eigenvalue weighted by Crippen LogP contribution is 2.44. The van der Waals surface area contributed by atoms with E-state index in [1.807, 2.05) is 13.8 Å². The zero-order valence-electron chi connectivity index (χ0n) is 14.0. The van der Waals surface area contributed by atoms with Gasteiger partial charge in [-0.15, -0.1) is 0 Å². The van der Waals surface area contributed by atoms with Crippen molar-refractivity contribution in [3.63, 3.8) is 0 Å². The van der Waals surface area contributed by atoms with Crippen molar-refractivity contribution < 1.29 is 0 Å². The number of fused-ring (bicyclic) bond motifs is 1. The molecular formula is C19H37N. The Balaban J connectivity index is 0.000000704. The standard InChI is InChI=1S/C17H31N.C2H6/c1-2-4-17-13-15(7-8-16(17)3-1)6-5-14-9-11-18-12-10-14;1-2/h14-18H,1-13H2;1-2H3. The number of nitrogens with one attached hydrogen (secondary N) is 1. The molecule has 1 aliphatic heterocycles. The van der Waals surface area contributed by atoms with E-state index in [1.165, 1.54) is 45.2 Å². The summed E-state index contributed by atoms with van der Waals surface area (Å²) in [5.41, 5.74) is 0. The Morgan fingerprint density at radius 3 is 2.10 bits per heavy atom. The minimum Gasteiger partial charge on any atom is -0.317 e. The number of rotatable bonds is 3. The van der Waals surface area contributed by atoms with Gasteiger partial charge in [0.1, 0.15) is 0 Å². The SMILES string of the molecule is C1CCC2CC(CCC3CCNCC3)CCC2C1.CC. The Kier molecular flexibility index (Phi) is 7.41. The van der Waals surface area contributed by atoms with Crippen molar-refractivity contribution in [1.82, 2.24) is 5.32 Å². The van der Waals surface area contributed by atoms with Gasteiger partial charge in [-0.3, -0.25) is 0 Å². The molecule has 3 unspecified atom stereocenters. The van der Waals surface area contributed by atoms with Crippen molar-refractivity contribution >= 4 is 0 Å². The van der Waals surface area contributed by atoms with E-state index < -0.39 is 0 Å². The third kappa shape index (κ3) is 4.76. The summed E-state index contributed by atoms with van der Waals surface area (Å²) < 4.78 is 0. The highest BCUT2D eigenvalue weighted by Gasteiger charge is 2.32. The van der Waals surface area contributed by atoms with Crippen molar-refractivity contribution in [2.45, 2.75) is 84.5 Å². The van der Waals surface area contributed by atoms with Crippen LogP contribution in [0, 0.1) is 23.7 Å². The van der Waals surface area contributed by atoms with Crippen LogP contribution in [0.15, 0.2) is 0 Å². The third-order valence-electron chi connectivity index (χ3n) is 6.09. The first-order valence-electron chi connectivity index (χ1n) is 9.62. The summed E-state index contributed by atoms with van der Waals surface area (Å²) in [6.45, 7) is 6.56. The summed E-state index contributed by atoms with van der Waals surface area (Å²) in [6, 6.07) is 0. The van der Waals surface area contributed by atoms with Gasteiger partial charge in [0, 0.05) is 0 Å². The molecule has 2 saturated carbocycles. The molecule has 3 atom stereocenters. The lowest BCUT2D eigenvalue weighted by molar-refractivity contribution is 0.120. The monoisotopic (exact) mass is 279 g/mol. The average molecular weight is 280 g/mol. The van der Waals surface area contributed by atoms with Crippen LogP contribution in [0.25, 0.3) is 0 Å². The molecule has 3 rings (SSSR count). The van der Waals surface area contributed by atoms with E-state index >= 15 is 0 Å². The maximum Gasteiger partial charge on any atom is -0.00463 e. The van der Waals surface area contributed by atoms with Crippen LogP contribution in [0.1, 0.15) is 84.5 Å². The van der Waals surface area contributed by atoms with Gasteiger partial charge >= 0.3 is 0 Å². The Labute approximate surface area is 127 Å². The number of hydrogen-bond acceptors (Lipinski definition) is 1. The van der Waals surface area contributed by atoms with Crippen molar-refractivity contribution in [1.29, 1.82) is 0 Å². The van der Waals surface area contributed by atoms with Gasteiger partial charge in [-0.2, -0.15) is 0 Å². The molecule has 20 heavy (non-hydrogen) atoms. The summed E-state index contributed by atoms with van der Waals surface area (Å²) in [6.07, 6.45) is 16.9. The lowest BCUT2D eigenvalue weighted by atomic mass is 9.66. The molecule has 1 heteroatoms. The summed E-state index contributed by atoms with van der Waals surface area (Å²) >= 11 is 0. The van der Waals surface area contributed by atoms with E-state index in [-0.39, 0.29) is 0 Å². The topological polar surface area (TPSA) is 12.0 Å². The van der Waals surface area contributed by atoms with E-state index in [9.17, 15) is 0 Å². The van der Waals surface area contributed by atoms with Gasteiger partial charge in [-0.25, -0.2) is 0 Å². The molecule has 3 aliphatic rings. The Hall–Kier alpha value is -0.0400. The van der Waals surface area contributed by atoms with Crippen LogP contribution in [0.2, 0.25) is 0 Å². The molecule has 1 nitrogen and oxygen atoms in total. The molecule has 0 spiro atoms. The fourth-order valence-corrected chi connectivity index (χ4v) is 4.87. The molecule has 0 bridgehead atoms. The fourth-order valence-electron chi connectivity index (χ4n) is 4.87. The molecule has 0 amide bonds. The highest BCUT2D eigenvalue weighted by atomic mass is 14.9. The second-order valence-corrected chi connectivity index (χ2v) is 7.25. The molecule has 0 aromatic carbocycles. The molecule has 1 saturated heterocycles. The Morgan fingerprint density at radius 2 is 1.35 bits per heavy atom. The van der Waals surface area contributed by atoms with E-state index in [2.05, 4.69) is 5.32 Å². The zero-order chi connectivity index (χ0) is 14.2. The average Bonchev–Trinajstić information content (AvgIpc) is 2.55. The first kappa shape index (κ1) is 16.3. The summed E-state index contributed by atoms with van der Waals surface area (Å²) in [4.78, 5) is 0. The molecule has 0 aromatic heterocycles. The quantitative estimate of drug-likeness (QED) is 0.729. The van der Waals surface area contributed by atoms with Gasteiger partial charge in [0.05, 0.1) is 0 Å². The largest absolute Gasteiger partial charge is 0.317 e. The van der Waals surface area contributed by atoms with E-state index in [0.29, 0.717) is 0 Å². The van der Waals surface area contributed by atoms with Crippen LogP contribution in [0.4, 0.5) is 0 Å². The van der Waals surface area contributed by atoms with Gasteiger partial charge in [0.15, 0.2) is 0 Å². The van der Waals surface area contributed by atoms with Crippen molar-refractivity contribution in [3.05, 3.63) is 0 Å². The van der Waals surface area contributed by atoms with E-state index in [1.54, 1.807) is 38.5 Å². The van der Waals surface area contributed by atoms with Crippen molar-refractivity contribution in [2.24, 2.45) is 23.7 Å². The predicted octanol–water partition coefficient (Wildman–Crippen LogP) is 5.40. The Morgan fingerprint density at radius 1 is 0.700 bits per heavy atom. The van der Waals surface area contributed by atoms with Crippen molar-refractivity contribution in [2.75, 3.05) is 13.1 Å². The first-order chi connectivity index (χ1) is 9.92. The molecule has 118 valence electrons. The Bertz CT molecular complexity index is 244. The predicted molar refractivity (Wildman–Crippen MR) is 89.0 cm³/mol. The van der Waals surface area contributed by atoms with Crippen LogP contribution in [0.5, 0.6) is 0 Å². The smallest absolute Gasteiger partial charge is 0.00463 e. The zero-order valence-corrected chi connectivity index (χ0v) is 14.0. The van der Waals surface area contributed by atoms with Crippen LogP contribution in [-0.4, -0.2) is 13.1 Å². The van der Waals surface area contributed by atoms with Crippen LogP contribution >= 0.6 is 0 Å². The highest BCUT2D eigenvalue weighted by molar-refractivity contribution is 4.83.